The Morgan fingerprint density at radius 3 is 2.43 bits per heavy atom. The monoisotopic (exact) mass is 398 g/mol. The van der Waals surface area contributed by atoms with Gasteiger partial charge in [0.2, 0.25) is 5.91 Å². The number of halogens is 2. The largest absolute Gasteiger partial charge is 0.497 e. The molecule has 0 saturated heterocycles. The number of hydrogen-bond acceptors (Lipinski definition) is 3. The van der Waals surface area contributed by atoms with Gasteiger partial charge in [-0.1, -0.05) is 41.9 Å². The zero-order valence-corrected chi connectivity index (χ0v) is 16.1. The van der Waals surface area contributed by atoms with Gasteiger partial charge >= 0.3 is 0 Å². The number of amides is 1. The summed E-state index contributed by atoms with van der Waals surface area (Å²) in [4.78, 5) is 14.6. The van der Waals surface area contributed by atoms with Crippen molar-refractivity contribution in [2.24, 2.45) is 0 Å². The molecule has 0 bridgehead atoms. The molecule has 0 fully saturated rings. The van der Waals surface area contributed by atoms with Crippen LogP contribution in [0.4, 0.5) is 15.8 Å². The van der Waals surface area contributed by atoms with Gasteiger partial charge in [0, 0.05) is 12.2 Å². The van der Waals surface area contributed by atoms with E-state index in [0.29, 0.717) is 12.2 Å². The summed E-state index contributed by atoms with van der Waals surface area (Å²) in [7, 11) is 1.61. The molecule has 0 unspecified atom stereocenters. The topological polar surface area (TPSA) is 41.6 Å². The summed E-state index contributed by atoms with van der Waals surface area (Å²) in [5, 5.41) is 2.90. The molecule has 1 amide bonds. The summed E-state index contributed by atoms with van der Waals surface area (Å²) in [5.41, 5.74) is 2.33. The zero-order valence-electron chi connectivity index (χ0n) is 15.4. The smallest absolute Gasteiger partial charge is 0.243 e. The highest BCUT2D eigenvalue weighted by Gasteiger charge is 2.14. The second kappa shape index (κ2) is 9.24. The summed E-state index contributed by atoms with van der Waals surface area (Å²) in [6.45, 7) is 0.659. The van der Waals surface area contributed by atoms with Crippen molar-refractivity contribution in [3.63, 3.8) is 0 Å². The minimum absolute atomic E-state index is 0.106. The van der Waals surface area contributed by atoms with Crippen LogP contribution in [0.3, 0.4) is 0 Å². The van der Waals surface area contributed by atoms with Crippen molar-refractivity contribution >= 4 is 28.9 Å². The molecule has 0 aliphatic carbocycles. The standard InChI is InChI=1S/C22H20ClFN2O2/c1-28-19-10-8-18(9-11-19)26(14-16-5-3-2-4-6-16)15-22(27)25-21-12-7-17(24)13-20(21)23/h2-13H,14-15H2,1H3,(H,25,27). The second-order valence-corrected chi connectivity index (χ2v) is 6.62. The third kappa shape index (κ3) is 5.24. The fourth-order valence-corrected chi connectivity index (χ4v) is 3.00. The molecule has 4 nitrogen and oxygen atoms in total. The first-order chi connectivity index (χ1) is 13.5. The SMILES string of the molecule is COc1ccc(N(CC(=O)Nc2ccc(F)cc2Cl)Cc2ccccc2)cc1. The number of rotatable bonds is 7. The van der Waals surface area contributed by atoms with Crippen molar-refractivity contribution in [3.8, 4) is 5.75 Å². The zero-order chi connectivity index (χ0) is 19.9. The molecular weight excluding hydrogens is 379 g/mol. The Hall–Kier alpha value is -3.05. The van der Waals surface area contributed by atoms with E-state index in [-0.39, 0.29) is 17.5 Å². The minimum atomic E-state index is -0.452. The van der Waals surface area contributed by atoms with Crippen LogP contribution in [0.25, 0.3) is 0 Å². The van der Waals surface area contributed by atoms with Crippen molar-refractivity contribution in [3.05, 3.63) is 89.2 Å². The van der Waals surface area contributed by atoms with E-state index in [1.54, 1.807) is 7.11 Å². The van der Waals surface area contributed by atoms with Gasteiger partial charge in [-0.15, -0.1) is 0 Å². The van der Waals surface area contributed by atoms with E-state index in [9.17, 15) is 9.18 Å². The van der Waals surface area contributed by atoms with E-state index in [1.165, 1.54) is 18.2 Å². The number of methoxy groups -OCH3 is 1. The number of nitrogens with one attached hydrogen (secondary N) is 1. The average molecular weight is 399 g/mol. The van der Waals surface area contributed by atoms with Crippen molar-refractivity contribution < 1.29 is 13.9 Å². The lowest BCUT2D eigenvalue weighted by Crippen LogP contribution is -2.33. The maximum Gasteiger partial charge on any atom is 0.243 e. The van der Waals surface area contributed by atoms with Crippen LogP contribution >= 0.6 is 11.6 Å². The lowest BCUT2D eigenvalue weighted by molar-refractivity contribution is -0.115. The number of ether oxygens (including phenoxy) is 1. The van der Waals surface area contributed by atoms with Crippen molar-refractivity contribution in [2.45, 2.75) is 6.54 Å². The van der Waals surface area contributed by atoms with Gasteiger partial charge in [-0.2, -0.15) is 0 Å². The first kappa shape index (κ1) is 19.7. The number of carbonyl (C=O) groups is 1. The molecule has 144 valence electrons. The summed E-state index contributed by atoms with van der Waals surface area (Å²) >= 11 is 6.01. The molecule has 0 aromatic heterocycles. The molecule has 1 N–H and O–H groups in total. The molecule has 3 aromatic rings. The van der Waals surface area contributed by atoms with Gasteiger partial charge in [0.15, 0.2) is 0 Å². The van der Waals surface area contributed by atoms with Crippen LogP contribution in [0.1, 0.15) is 5.56 Å². The Morgan fingerprint density at radius 2 is 1.79 bits per heavy atom. The summed E-state index contributed by atoms with van der Waals surface area (Å²) in [6, 6.07) is 21.3. The van der Waals surface area contributed by atoms with Crippen LogP contribution < -0.4 is 15.0 Å². The van der Waals surface area contributed by atoms with E-state index >= 15 is 0 Å². The normalized spacial score (nSPS) is 10.4. The van der Waals surface area contributed by atoms with Crippen LogP contribution in [0.15, 0.2) is 72.8 Å². The number of carbonyl (C=O) groups excluding carboxylic acids is 1. The molecule has 28 heavy (non-hydrogen) atoms. The highest BCUT2D eigenvalue weighted by molar-refractivity contribution is 6.33. The maximum absolute atomic E-state index is 13.2. The van der Waals surface area contributed by atoms with E-state index in [1.807, 2.05) is 59.5 Å². The predicted molar refractivity (Wildman–Crippen MR) is 111 cm³/mol. The van der Waals surface area contributed by atoms with Gasteiger partial charge in [-0.3, -0.25) is 4.79 Å². The Balaban J connectivity index is 1.78. The molecule has 0 aliphatic heterocycles. The van der Waals surface area contributed by atoms with Gasteiger partial charge < -0.3 is 15.0 Å². The molecule has 3 rings (SSSR count). The van der Waals surface area contributed by atoms with Crippen LogP contribution in [-0.4, -0.2) is 19.6 Å². The van der Waals surface area contributed by atoms with Crippen LogP contribution in [-0.2, 0) is 11.3 Å². The first-order valence-corrected chi connectivity index (χ1v) is 9.11. The van der Waals surface area contributed by atoms with Crippen LogP contribution in [0, 0.1) is 5.82 Å². The average Bonchev–Trinajstić information content (AvgIpc) is 2.70. The fraction of sp³-hybridized carbons (Fsp3) is 0.136. The van der Waals surface area contributed by atoms with Gasteiger partial charge in [-0.05, 0) is 48.0 Å². The van der Waals surface area contributed by atoms with Crippen molar-refractivity contribution in [2.75, 3.05) is 23.9 Å². The van der Waals surface area contributed by atoms with Gasteiger partial charge in [-0.25, -0.2) is 4.39 Å². The van der Waals surface area contributed by atoms with Gasteiger partial charge in [0.05, 0.1) is 24.4 Å². The fourth-order valence-electron chi connectivity index (χ4n) is 2.79. The number of benzene rings is 3. The van der Waals surface area contributed by atoms with E-state index in [0.717, 1.165) is 17.0 Å². The molecule has 0 spiro atoms. The Labute approximate surface area is 168 Å². The van der Waals surface area contributed by atoms with Crippen molar-refractivity contribution in [1.82, 2.24) is 0 Å². The molecule has 0 aliphatic rings. The molecule has 0 saturated carbocycles. The van der Waals surface area contributed by atoms with Crippen LogP contribution in [0.2, 0.25) is 5.02 Å². The van der Waals surface area contributed by atoms with E-state index < -0.39 is 5.82 Å². The lowest BCUT2D eigenvalue weighted by atomic mass is 10.2. The summed E-state index contributed by atoms with van der Waals surface area (Å²) in [5.74, 6) is 0.0400. The predicted octanol–water partition coefficient (Wildman–Crippen LogP) is 5.13. The van der Waals surface area contributed by atoms with E-state index in [4.69, 9.17) is 16.3 Å². The number of nitrogens with zero attached hydrogens (tertiary/aromatic N) is 1. The molecule has 6 heteroatoms. The Kier molecular flexibility index (Phi) is 6.50. The Morgan fingerprint density at radius 1 is 1.07 bits per heavy atom. The minimum Gasteiger partial charge on any atom is -0.497 e. The Bertz CT molecular complexity index is 933. The molecule has 3 aromatic carbocycles. The lowest BCUT2D eigenvalue weighted by Gasteiger charge is -2.25. The van der Waals surface area contributed by atoms with Crippen molar-refractivity contribution in [1.29, 1.82) is 0 Å². The van der Waals surface area contributed by atoms with Crippen LogP contribution in [0.5, 0.6) is 5.75 Å². The highest BCUT2D eigenvalue weighted by Crippen LogP contribution is 2.24. The molecule has 0 radical (unpaired) electrons. The second-order valence-electron chi connectivity index (χ2n) is 6.21. The van der Waals surface area contributed by atoms with E-state index in [2.05, 4.69) is 5.32 Å². The number of anilines is 2. The summed E-state index contributed by atoms with van der Waals surface area (Å²) in [6.07, 6.45) is 0. The summed E-state index contributed by atoms with van der Waals surface area (Å²) < 4.78 is 18.4. The van der Waals surface area contributed by atoms with Gasteiger partial charge in [0.1, 0.15) is 11.6 Å². The molecular formula is C22H20ClFN2O2. The first-order valence-electron chi connectivity index (χ1n) is 8.73. The quantitative estimate of drug-likeness (QED) is 0.599. The highest BCUT2D eigenvalue weighted by atomic mass is 35.5. The maximum atomic E-state index is 13.2. The third-order valence-electron chi connectivity index (χ3n) is 4.19. The molecule has 0 heterocycles. The number of hydrogen-bond donors (Lipinski definition) is 1. The molecule has 0 atom stereocenters. The van der Waals surface area contributed by atoms with Gasteiger partial charge in [0.25, 0.3) is 0 Å². The third-order valence-corrected chi connectivity index (χ3v) is 4.51.